The maximum absolute atomic E-state index is 5.63. The van der Waals surface area contributed by atoms with Gasteiger partial charge in [0.15, 0.2) is 0 Å². The van der Waals surface area contributed by atoms with E-state index in [9.17, 15) is 0 Å². The standard InChI is InChI=1S/C72H54N4/c1-71(2)65-45-51(48-28-35-57(36-29-48)76(55-24-12-7-13-25-55)58-39-30-47-18-14-15-19-50(47)44-58)33-40-63(65)67-69(71)74-68-64-41-34-52(46-66(64)72(3,4)70(68)73-67)60-43-42-59(61-26-16-17-27-62(60)61)49-31-37-56(38-32-49)75(53-20-8-5-9-21-53)54-22-10-6-11-23-54/h5-46H,1-4H3. The lowest BCUT2D eigenvalue weighted by molar-refractivity contribution is 0.617. The van der Waals surface area contributed by atoms with Crippen LogP contribution >= 0.6 is 0 Å². The summed E-state index contributed by atoms with van der Waals surface area (Å²) in [6.45, 7) is 9.25. The Morgan fingerprint density at radius 2 is 0.645 bits per heavy atom. The average Bonchev–Trinajstić information content (AvgIpc) is 3.85. The van der Waals surface area contributed by atoms with Gasteiger partial charge in [-0.2, -0.15) is 0 Å². The minimum Gasteiger partial charge on any atom is -0.311 e. The quantitative estimate of drug-likeness (QED) is 0.144. The summed E-state index contributed by atoms with van der Waals surface area (Å²) in [6.07, 6.45) is 0. The van der Waals surface area contributed by atoms with Crippen molar-refractivity contribution in [1.29, 1.82) is 0 Å². The van der Waals surface area contributed by atoms with Gasteiger partial charge >= 0.3 is 0 Å². The van der Waals surface area contributed by atoms with Crippen LogP contribution in [0.2, 0.25) is 0 Å². The van der Waals surface area contributed by atoms with Gasteiger partial charge in [0.25, 0.3) is 0 Å². The van der Waals surface area contributed by atoms with Gasteiger partial charge in [0.05, 0.1) is 22.8 Å². The predicted octanol–water partition coefficient (Wildman–Crippen LogP) is 19.3. The highest BCUT2D eigenvalue weighted by molar-refractivity contribution is 6.05. The normalized spacial score (nSPS) is 13.5. The van der Waals surface area contributed by atoms with E-state index in [0.29, 0.717) is 0 Å². The van der Waals surface area contributed by atoms with Crippen molar-refractivity contribution in [2.75, 3.05) is 9.80 Å². The Bertz CT molecular complexity index is 4160. The Hall–Kier alpha value is -9.38. The summed E-state index contributed by atoms with van der Waals surface area (Å²) in [7, 11) is 0. The highest BCUT2D eigenvalue weighted by Crippen LogP contribution is 2.54. The van der Waals surface area contributed by atoms with Crippen LogP contribution in [-0.4, -0.2) is 9.97 Å². The first kappa shape index (κ1) is 45.3. The number of hydrogen-bond acceptors (Lipinski definition) is 4. The van der Waals surface area contributed by atoms with Crippen molar-refractivity contribution < 1.29 is 0 Å². The topological polar surface area (TPSA) is 32.3 Å². The van der Waals surface area contributed by atoms with E-state index in [2.05, 4.69) is 292 Å². The van der Waals surface area contributed by atoms with Crippen molar-refractivity contribution in [3.63, 3.8) is 0 Å². The summed E-state index contributed by atoms with van der Waals surface area (Å²) >= 11 is 0. The maximum Gasteiger partial charge on any atom is 0.0933 e. The van der Waals surface area contributed by atoms with Crippen LogP contribution in [0.5, 0.6) is 0 Å². The van der Waals surface area contributed by atoms with E-state index in [1.165, 1.54) is 77.2 Å². The number of aromatic nitrogens is 2. The lowest BCUT2D eigenvalue weighted by Crippen LogP contribution is -2.20. The third kappa shape index (κ3) is 7.35. The third-order valence-corrected chi connectivity index (χ3v) is 16.1. The van der Waals surface area contributed by atoms with E-state index < -0.39 is 0 Å². The Morgan fingerprint density at radius 1 is 0.276 bits per heavy atom. The van der Waals surface area contributed by atoms with Gasteiger partial charge in [-0.3, -0.25) is 0 Å². The zero-order valence-corrected chi connectivity index (χ0v) is 43.0. The molecule has 76 heavy (non-hydrogen) atoms. The molecular weight excluding hydrogens is 921 g/mol. The highest BCUT2D eigenvalue weighted by atomic mass is 15.1. The Morgan fingerprint density at radius 3 is 1.17 bits per heavy atom. The van der Waals surface area contributed by atoms with Crippen LogP contribution < -0.4 is 9.80 Å². The van der Waals surface area contributed by atoms with Gasteiger partial charge in [-0.25, -0.2) is 9.97 Å². The van der Waals surface area contributed by atoms with E-state index in [1.807, 2.05) is 0 Å². The highest BCUT2D eigenvalue weighted by Gasteiger charge is 2.44. The molecule has 0 radical (unpaired) electrons. The molecule has 0 saturated heterocycles. The second-order valence-corrected chi connectivity index (χ2v) is 21.4. The molecule has 1 heterocycles. The number of nitrogens with zero attached hydrogens (tertiary/aromatic N) is 4. The van der Waals surface area contributed by atoms with Crippen molar-refractivity contribution >= 4 is 55.7 Å². The SMILES string of the molecule is CC1(C)c2cc(-c3ccc(N(c4ccccc4)c4ccc5ccccc5c4)cc3)ccc2-c2nc3c(nc21)-c1ccc(-c2ccc(-c4ccc(N(c5ccccc5)c5ccccc5)cc4)c4ccccc24)cc1C3(C)C. The fraction of sp³-hybridized carbons (Fsp3) is 0.0833. The Balaban J connectivity index is 0.764. The van der Waals surface area contributed by atoms with Crippen LogP contribution in [0.1, 0.15) is 50.2 Å². The summed E-state index contributed by atoms with van der Waals surface area (Å²) in [5.41, 5.74) is 22.1. The van der Waals surface area contributed by atoms with Crippen molar-refractivity contribution in [2.45, 2.75) is 38.5 Å². The zero-order valence-electron chi connectivity index (χ0n) is 43.0. The first-order chi connectivity index (χ1) is 37.2. The summed E-state index contributed by atoms with van der Waals surface area (Å²) in [5, 5.41) is 4.91. The van der Waals surface area contributed by atoms with Crippen LogP contribution in [0.15, 0.2) is 255 Å². The van der Waals surface area contributed by atoms with Crippen molar-refractivity contribution in [3.8, 4) is 55.9 Å². The van der Waals surface area contributed by atoms with Gasteiger partial charge in [0, 0.05) is 56.1 Å². The molecule has 362 valence electrons. The molecule has 0 aliphatic heterocycles. The smallest absolute Gasteiger partial charge is 0.0933 e. The second kappa shape index (κ2) is 17.6. The molecule has 1 aromatic heterocycles. The van der Waals surface area contributed by atoms with Crippen LogP contribution in [0.4, 0.5) is 34.1 Å². The first-order valence-corrected chi connectivity index (χ1v) is 26.4. The lowest BCUT2D eigenvalue weighted by Gasteiger charge is -2.26. The number of anilines is 6. The Kier molecular flexibility index (Phi) is 10.5. The summed E-state index contributed by atoms with van der Waals surface area (Å²) in [4.78, 5) is 15.9. The van der Waals surface area contributed by atoms with E-state index in [4.69, 9.17) is 9.97 Å². The van der Waals surface area contributed by atoms with Crippen LogP contribution in [0.25, 0.3) is 77.4 Å². The van der Waals surface area contributed by atoms with Gasteiger partial charge in [0.1, 0.15) is 0 Å². The molecule has 2 aliphatic rings. The van der Waals surface area contributed by atoms with Crippen LogP contribution in [0, 0.1) is 0 Å². The predicted molar refractivity (Wildman–Crippen MR) is 318 cm³/mol. The van der Waals surface area contributed by atoms with E-state index in [0.717, 1.165) is 56.9 Å². The largest absolute Gasteiger partial charge is 0.311 e. The fourth-order valence-corrected chi connectivity index (χ4v) is 12.2. The second-order valence-electron chi connectivity index (χ2n) is 21.4. The van der Waals surface area contributed by atoms with Crippen molar-refractivity contribution in [1.82, 2.24) is 9.97 Å². The Labute approximate surface area is 444 Å². The van der Waals surface area contributed by atoms with Crippen LogP contribution in [0.3, 0.4) is 0 Å². The number of benzene rings is 11. The molecule has 0 atom stereocenters. The van der Waals surface area contributed by atoms with E-state index >= 15 is 0 Å². The van der Waals surface area contributed by atoms with E-state index in [1.54, 1.807) is 0 Å². The summed E-state index contributed by atoms with van der Waals surface area (Å²) < 4.78 is 0. The van der Waals surface area contributed by atoms with Gasteiger partial charge < -0.3 is 9.80 Å². The lowest BCUT2D eigenvalue weighted by atomic mass is 9.83. The van der Waals surface area contributed by atoms with Gasteiger partial charge in [-0.05, 0) is 151 Å². The molecule has 4 heteroatoms. The fourth-order valence-electron chi connectivity index (χ4n) is 12.2. The van der Waals surface area contributed by atoms with Crippen LogP contribution in [-0.2, 0) is 10.8 Å². The summed E-state index contributed by atoms with van der Waals surface area (Å²) in [6, 6.07) is 92.3. The minimum absolute atomic E-state index is 0.347. The van der Waals surface area contributed by atoms with Gasteiger partial charge in [-0.1, -0.05) is 198 Å². The van der Waals surface area contributed by atoms with Crippen molar-refractivity contribution in [2.24, 2.45) is 0 Å². The van der Waals surface area contributed by atoms with Gasteiger partial charge in [0.2, 0.25) is 0 Å². The molecule has 2 aliphatic carbocycles. The molecule has 0 bridgehead atoms. The molecule has 0 unspecified atom stereocenters. The molecule has 14 rings (SSSR count). The van der Waals surface area contributed by atoms with Crippen molar-refractivity contribution in [3.05, 3.63) is 277 Å². The number of fused-ring (bicyclic) bond motifs is 8. The molecule has 11 aromatic carbocycles. The third-order valence-electron chi connectivity index (χ3n) is 16.1. The molecule has 12 aromatic rings. The molecule has 0 saturated carbocycles. The zero-order chi connectivity index (χ0) is 51.1. The molecule has 0 amide bonds. The molecule has 0 N–H and O–H groups in total. The average molecular weight is 975 g/mol. The molecular formula is C72H54N4. The monoisotopic (exact) mass is 974 g/mol. The maximum atomic E-state index is 5.63. The minimum atomic E-state index is -0.358. The number of hydrogen-bond donors (Lipinski definition) is 0. The molecule has 0 fully saturated rings. The van der Waals surface area contributed by atoms with Gasteiger partial charge in [-0.15, -0.1) is 0 Å². The molecule has 4 nitrogen and oxygen atoms in total. The number of para-hydroxylation sites is 3. The first-order valence-electron chi connectivity index (χ1n) is 26.4. The van der Waals surface area contributed by atoms with E-state index in [-0.39, 0.29) is 10.8 Å². The number of rotatable bonds is 9. The molecule has 0 spiro atoms. The summed E-state index contributed by atoms with van der Waals surface area (Å²) in [5.74, 6) is 0.